The molecule has 0 aliphatic heterocycles. The molecule has 0 fully saturated rings. The van der Waals surface area contributed by atoms with Crippen molar-refractivity contribution in [2.75, 3.05) is 13.2 Å². The Balaban J connectivity index is 1.81. The molecular weight excluding hydrogens is 256 g/mol. The predicted molar refractivity (Wildman–Crippen MR) is 75.6 cm³/mol. The van der Waals surface area contributed by atoms with Gasteiger partial charge < -0.3 is 14.6 Å². The molecule has 4 heteroatoms. The van der Waals surface area contributed by atoms with Gasteiger partial charge in [-0.15, -0.1) is 0 Å². The van der Waals surface area contributed by atoms with Crippen molar-refractivity contribution in [3.05, 3.63) is 59.7 Å². The van der Waals surface area contributed by atoms with E-state index in [-0.39, 0.29) is 5.56 Å². The van der Waals surface area contributed by atoms with Crippen LogP contribution in [0.1, 0.15) is 15.9 Å². The summed E-state index contributed by atoms with van der Waals surface area (Å²) in [4.78, 5) is 10.8. The second kappa shape index (κ2) is 6.61. The maximum absolute atomic E-state index is 10.8. The highest BCUT2D eigenvalue weighted by atomic mass is 16.5. The van der Waals surface area contributed by atoms with Gasteiger partial charge in [-0.25, -0.2) is 4.79 Å². The average Bonchev–Trinajstić information content (AvgIpc) is 2.44. The second-order valence-electron chi connectivity index (χ2n) is 4.35. The Hall–Kier alpha value is -2.49. The SMILES string of the molecule is Cc1cccc(OCCOc2cccc(C(=O)O)c2)c1. The molecule has 4 nitrogen and oxygen atoms in total. The van der Waals surface area contributed by atoms with Crippen molar-refractivity contribution in [3.8, 4) is 11.5 Å². The number of carboxylic acids is 1. The summed E-state index contributed by atoms with van der Waals surface area (Å²) in [5.74, 6) is 0.358. The fourth-order valence-electron chi connectivity index (χ4n) is 1.74. The summed E-state index contributed by atoms with van der Waals surface area (Å²) in [6.07, 6.45) is 0. The van der Waals surface area contributed by atoms with E-state index in [0.717, 1.165) is 11.3 Å². The van der Waals surface area contributed by atoms with Crippen molar-refractivity contribution in [3.63, 3.8) is 0 Å². The Morgan fingerprint density at radius 3 is 2.20 bits per heavy atom. The van der Waals surface area contributed by atoms with Gasteiger partial charge in [0, 0.05) is 0 Å². The molecule has 2 rings (SSSR count). The normalized spacial score (nSPS) is 10.1. The summed E-state index contributed by atoms with van der Waals surface area (Å²) < 4.78 is 11.0. The van der Waals surface area contributed by atoms with Crippen molar-refractivity contribution in [1.82, 2.24) is 0 Å². The highest BCUT2D eigenvalue weighted by Crippen LogP contribution is 2.14. The minimum Gasteiger partial charge on any atom is -0.490 e. The zero-order chi connectivity index (χ0) is 14.4. The number of rotatable bonds is 6. The number of ether oxygens (including phenoxy) is 2. The third-order valence-electron chi connectivity index (χ3n) is 2.69. The Kier molecular flexibility index (Phi) is 4.60. The molecule has 0 spiro atoms. The molecule has 0 amide bonds. The Bertz CT molecular complexity index is 593. The summed E-state index contributed by atoms with van der Waals surface area (Å²) in [7, 11) is 0. The van der Waals surface area contributed by atoms with Gasteiger partial charge >= 0.3 is 5.97 Å². The largest absolute Gasteiger partial charge is 0.490 e. The Morgan fingerprint density at radius 1 is 1.00 bits per heavy atom. The van der Waals surface area contributed by atoms with Gasteiger partial charge in [-0.2, -0.15) is 0 Å². The van der Waals surface area contributed by atoms with Crippen LogP contribution in [0.2, 0.25) is 0 Å². The van der Waals surface area contributed by atoms with E-state index < -0.39 is 5.97 Å². The minimum absolute atomic E-state index is 0.210. The molecule has 0 aromatic heterocycles. The molecule has 104 valence electrons. The minimum atomic E-state index is -0.966. The molecule has 0 radical (unpaired) electrons. The first-order valence-corrected chi connectivity index (χ1v) is 6.31. The second-order valence-corrected chi connectivity index (χ2v) is 4.35. The van der Waals surface area contributed by atoms with E-state index in [9.17, 15) is 4.79 Å². The van der Waals surface area contributed by atoms with Gasteiger partial charge in [-0.3, -0.25) is 0 Å². The number of carboxylic acid groups (broad SMARTS) is 1. The first kappa shape index (κ1) is 13.9. The lowest BCUT2D eigenvalue weighted by Crippen LogP contribution is -2.09. The van der Waals surface area contributed by atoms with E-state index in [1.807, 2.05) is 31.2 Å². The van der Waals surface area contributed by atoms with Gasteiger partial charge in [-0.05, 0) is 42.8 Å². The summed E-state index contributed by atoms with van der Waals surface area (Å²) >= 11 is 0. The monoisotopic (exact) mass is 272 g/mol. The van der Waals surface area contributed by atoms with Crippen LogP contribution in [-0.4, -0.2) is 24.3 Å². The maximum Gasteiger partial charge on any atom is 0.335 e. The van der Waals surface area contributed by atoms with Gasteiger partial charge in [0.2, 0.25) is 0 Å². The first-order valence-electron chi connectivity index (χ1n) is 6.31. The number of hydrogen-bond donors (Lipinski definition) is 1. The van der Waals surface area contributed by atoms with E-state index in [1.54, 1.807) is 12.1 Å². The van der Waals surface area contributed by atoms with E-state index in [0.29, 0.717) is 19.0 Å². The van der Waals surface area contributed by atoms with Crippen molar-refractivity contribution in [2.45, 2.75) is 6.92 Å². The lowest BCUT2D eigenvalue weighted by Gasteiger charge is -2.09. The number of aromatic carboxylic acids is 1. The predicted octanol–water partition coefficient (Wildman–Crippen LogP) is 3.15. The summed E-state index contributed by atoms with van der Waals surface area (Å²) in [5.41, 5.74) is 1.35. The molecule has 0 unspecified atom stereocenters. The van der Waals surface area contributed by atoms with Gasteiger partial charge in [-0.1, -0.05) is 18.2 Å². The molecule has 0 aliphatic rings. The molecule has 2 aromatic rings. The van der Waals surface area contributed by atoms with Gasteiger partial charge in [0.25, 0.3) is 0 Å². The van der Waals surface area contributed by atoms with Crippen molar-refractivity contribution in [1.29, 1.82) is 0 Å². The topological polar surface area (TPSA) is 55.8 Å². The molecule has 1 N–H and O–H groups in total. The molecular formula is C16H16O4. The summed E-state index contributed by atoms with van der Waals surface area (Å²) in [5, 5.41) is 8.88. The molecule has 0 atom stereocenters. The van der Waals surface area contributed by atoms with E-state index in [4.69, 9.17) is 14.6 Å². The van der Waals surface area contributed by atoms with Crippen LogP contribution in [0.4, 0.5) is 0 Å². The summed E-state index contributed by atoms with van der Waals surface area (Å²) in [6.45, 7) is 2.76. The molecule has 0 saturated heterocycles. The zero-order valence-electron chi connectivity index (χ0n) is 11.2. The van der Waals surface area contributed by atoms with Crippen molar-refractivity contribution in [2.24, 2.45) is 0 Å². The molecule has 2 aromatic carbocycles. The van der Waals surface area contributed by atoms with Crippen LogP contribution < -0.4 is 9.47 Å². The lowest BCUT2D eigenvalue weighted by molar-refractivity contribution is 0.0696. The molecule has 20 heavy (non-hydrogen) atoms. The lowest BCUT2D eigenvalue weighted by atomic mass is 10.2. The number of aryl methyl sites for hydroxylation is 1. The van der Waals surface area contributed by atoms with Crippen LogP contribution in [0.25, 0.3) is 0 Å². The number of benzene rings is 2. The number of hydrogen-bond acceptors (Lipinski definition) is 3. The smallest absolute Gasteiger partial charge is 0.335 e. The van der Waals surface area contributed by atoms with E-state index in [1.165, 1.54) is 12.1 Å². The van der Waals surface area contributed by atoms with Crippen LogP contribution in [-0.2, 0) is 0 Å². The van der Waals surface area contributed by atoms with E-state index >= 15 is 0 Å². The highest BCUT2D eigenvalue weighted by Gasteiger charge is 2.03. The summed E-state index contributed by atoms with van der Waals surface area (Å²) in [6, 6.07) is 14.2. The van der Waals surface area contributed by atoms with Crippen LogP contribution in [0.15, 0.2) is 48.5 Å². The van der Waals surface area contributed by atoms with E-state index in [2.05, 4.69) is 0 Å². The molecule has 0 bridgehead atoms. The van der Waals surface area contributed by atoms with Crippen LogP contribution >= 0.6 is 0 Å². The van der Waals surface area contributed by atoms with Crippen LogP contribution in [0, 0.1) is 6.92 Å². The van der Waals surface area contributed by atoms with Crippen LogP contribution in [0.3, 0.4) is 0 Å². The fraction of sp³-hybridized carbons (Fsp3) is 0.188. The first-order chi connectivity index (χ1) is 9.65. The molecule has 0 aliphatic carbocycles. The van der Waals surface area contributed by atoms with Gasteiger partial charge in [0.15, 0.2) is 0 Å². The zero-order valence-corrected chi connectivity index (χ0v) is 11.2. The van der Waals surface area contributed by atoms with Crippen LogP contribution in [0.5, 0.6) is 11.5 Å². The molecule has 0 heterocycles. The van der Waals surface area contributed by atoms with Gasteiger partial charge in [0.05, 0.1) is 5.56 Å². The Morgan fingerprint density at radius 2 is 1.60 bits per heavy atom. The Labute approximate surface area is 117 Å². The quantitative estimate of drug-likeness (QED) is 0.821. The van der Waals surface area contributed by atoms with Gasteiger partial charge in [0.1, 0.15) is 24.7 Å². The standard InChI is InChI=1S/C16H16O4/c1-12-4-2-6-14(10-12)19-8-9-20-15-7-3-5-13(11-15)16(17)18/h2-7,10-11H,8-9H2,1H3,(H,17,18). The van der Waals surface area contributed by atoms with Crippen molar-refractivity contribution >= 4 is 5.97 Å². The average molecular weight is 272 g/mol. The highest BCUT2D eigenvalue weighted by molar-refractivity contribution is 5.87. The molecule has 0 saturated carbocycles. The fourth-order valence-corrected chi connectivity index (χ4v) is 1.74. The maximum atomic E-state index is 10.8. The van der Waals surface area contributed by atoms with Crippen molar-refractivity contribution < 1.29 is 19.4 Å². The number of carbonyl (C=O) groups is 1. The third-order valence-corrected chi connectivity index (χ3v) is 2.69. The third kappa shape index (κ3) is 4.02.